The minimum atomic E-state index is -3.17. The molecule has 0 unspecified atom stereocenters. The number of rotatable bonds is 6. The van der Waals surface area contributed by atoms with E-state index >= 15 is 0 Å². The number of aliphatic imine (C=N–C) groups is 1. The molecule has 1 heterocycles. The molecule has 1 fully saturated rings. The average Bonchev–Trinajstić information content (AvgIpc) is 2.52. The van der Waals surface area contributed by atoms with Gasteiger partial charge in [0, 0.05) is 45.8 Å². The third-order valence-corrected chi connectivity index (χ3v) is 5.30. The molecule has 9 nitrogen and oxygen atoms in total. The first kappa shape index (κ1) is 26.2. The van der Waals surface area contributed by atoms with Gasteiger partial charge in [0.2, 0.25) is 10.0 Å². The van der Waals surface area contributed by atoms with Gasteiger partial charge in [0.05, 0.1) is 6.26 Å². The van der Waals surface area contributed by atoms with Gasteiger partial charge in [-0.1, -0.05) is 6.92 Å². The van der Waals surface area contributed by atoms with Crippen LogP contribution in [0.2, 0.25) is 0 Å². The van der Waals surface area contributed by atoms with Crippen LogP contribution in [0.4, 0.5) is 4.79 Å². The molecule has 1 aliphatic rings. The molecule has 160 valence electrons. The largest absolute Gasteiger partial charge is 0.444 e. The average molecular weight is 519 g/mol. The summed E-state index contributed by atoms with van der Waals surface area (Å²) in [7, 11) is -3.17. The molecule has 0 spiro atoms. The Kier molecular flexibility index (Phi) is 10.9. The lowest BCUT2D eigenvalue weighted by Gasteiger charge is -2.36. The van der Waals surface area contributed by atoms with Gasteiger partial charge in [0.15, 0.2) is 5.96 Å². The van der Waals surface area contributed by atoms with Crippen molar-refractivity contribution in [1.82, 2.24) is 14.1 Å². The molecule has 1 amide bonds. The Morgan fingerprint density at radius 2 is 1.70 bits per heavy atom. The van der Waals surface area contributed by atoms with E-state index in [4.69, 9.17) is 10.5 Å². The molecule has 0 aromatic carbocycles. The second-order valence-electron chi connectivity index (χ2n) is 7.30. The Hall–Kier alpha value is -0.820. The zero-order chi connectivity index (χ0) is 20.0. The number of carbonyl (C=O) groups is 1. The SMILES string of the molecule is CCN(CCCN=C(N)N1CCN(C(=O)OC(C)(C)C)CC1)S(C)(=O)=O.I. The summed E-state index contributed by atoms with van der Waals surface area (Å²) in [5.74, 6) is 0.427. The monoisotopic (exact) mass is 519 g/mol. The normalized spacial score (nSPS) is 16.3. The van der Waals surface area contributed by atoms with E-state index in [9.17, 15) is 13.2 Å². The second-order valence-corrected chi connectivity index (χ2v) is 9.29. The minimum absolute atomic E-state index is 0. The lowest BCUT2D eigenvalue weighted by molar-refractivity contribution is 0.0186. The quantitative estimate of drug-likeness (QED) is 0.244. The number of piperazine rings is 1. The molecule has 0 saturated carbocycles. The third kappa shape index (κ3) is 9.79. The predicted octanol–water partition coefficient (Wildman–Crippen LogP) is 1.14. The Bertz CT molecular complexity index is 598. The zero-order valence-corrected chi connectivity index (χ0v) is 20.1. The molecule has 0 bridgehead atoms. The maximum absolute atomic E-state index is 12.0. The molecule has 0 atom stereocenters. The van der Waals surface area contributed by atoms with Gasteiger partial charge in [-0.15, -0.1) is 24.0 Å². The first-order valence-electron chi connectivity index (χ1n) is 8.92. The molecule has 1 rings (SSSR count). The van der Waals surface area contributed by atoms with Gasteiger partial charge >= 0.3 is 6.09 Å². The summed E-state index contributed by atoms with van der Waals surface area (Å²) in [6.45, 7) is 10.9. The van der Waals surface area contributed by atoms with Gasteiger partial charge < -0.3 is 20.3 Å². The number of halogens is 1. The number of guanidine groups is 1. The van der Waals surface area contributed by atoms with E-state index in [1.807, 2.05) is 32.6 Å². The van der Waals surface area contributed by atoms with Crippen molar-refractivity contribution >= 4 is 46.1 Å². The van der Waals surface area contributed by atoms with Crippen molar-refractivity contribution in [3.63, 3.8) is 0 Å². The van der Waals surface area contributed by atoms with Gasteiger partial charge in [-0.25, -0.2) is 17.5 Å². The minimum Gasteiger partial charge on any atom is -0.444 e. The maximum atomic E-state index is 12.0. The maximum Gasteiger partial charge on any atom is 0.410 e. The molecule has 0 aromatic heterocycles. The van der Waals surface area contributed by atoms with E-state index in [0.717, 1.165) is 0 Å². The van der Waals surface area contributed by atoms with Gasteiger partial charge in [-0.05, 0) is 27.2 Å². The molecular formula is C16H34IN5O4S. The van der Waals surface area contributed by atoms with Gasteiger partial charge in [0.25, 0.3) is 0 Å². The molecular weight excluding hydrogens is 485 g/mol. The molecule has 11 heteroatoms. The number of hydrogen-bond acceptors (Lipinski definition) is 5. The van der Waals surface area contributed by atoms with Crippen LogP contribution in [-0.4, -0.2) is 92.2 Å². The van der Waals surface area contributed by atoms with Crippen LogP contribution in [-0.2, 0) is 14.8 Å². The number of ether oxygens (including phenoxy) is 1. The zero-order valence-electron chi connectivity index (χ0n) is 17.0. The smallest absolute Gasteiger partial charge is 0.410 e. The highest BCUT2D eigenvalue weighted by Gasteiger charge is 2.26. The van der Waals surface area contributed by atoms with Crippen molar-refractivity contribution in [2.45, 2.75) is 39.7 Å². The number of nitrogens with two attached hydrogens (primary N) is 1. The van der Waals surface area contributed by atoms with Crippen LogP contribution >= 0.6 is 24.0 Å². The molecule has 0 aromatic rings. The standard InChI is InChI=1S/C16H33N5O4S.HI/c1-6-21(26(5,23)24)9-7-8-18-14(17)19-10-12-20(13-11-19)15(22)25-16(2,3)4;/h6-13H2,1-5H3,(H2,17,18);1H. The predicted molar refractivity (Wildman–Crippen MR) is 118 cm³/mol. The molecule has 27 heavy (non-hydrogen) atoms. The number of carbonyl (C=O) groups excluding carboxylic acids is 1. The third-order valence-electron chi connectivity index (χ3n) is 3.92. The molecule has 1 aliphatic heterocycles. The summed E-state index contributed by atoms with van der Waals surface area (Å²) >= 11 is 0. The number of sulfonamides is 1. The summed E-state index contributed by atoms with van der Waals surface area (Å²) in [6, 6.07) is 0. The van der Waals surface area contributed by atoms with E-state index in [2.05, 4.69) is 4.99 Å². The first-order valence-corrected chi connectivity index (χ1v) is 10.8. The second kappa shape index (κ2) is 11.2. The van der Waals surface area contributed by atoms with Crippen LogP contribution in [0.1, 0.15) is 34.1 Å². The van der Waals surface area contributed by atoms with Gasteiger partial charge in [-0.3, -0.25) is 4.99 Å². The van der Waals surface area contributed by atoms with Crippen molar-refractivity contribution in [2.24, 2.45) is 10.7 Å². The van der Waals surface area contributed by atoms with Crippen LogP contribution in [0, 0.1) is 0 Å². The van der Waals surface area contributed by atoms with Crippen molar-refractivity contribution in [1.29, 1.82) is 0 Å². The highest BCUT2D eigenvalue weighted by Crippen LogP contribution is 2.11. The van der Waals surface area contributed by atoms with Crippen molar-refractivity contribution in [3.05, 3.63) is 0 Å². The highest BCUT2D eigenvalue weighted by atomic mass is 127. The van der Waals surface area contributed by atoms with Gasteiger partial charge in [-0.2, -0.15) is 0 Å². The van der Waals surface area contributed by atoms with Crippen LogP contribution < -0.4 is 5.73 Å². The van der Waals surface area contributed by atoms with Crippen molar-refractivity contribution < 1.29 is 17.9 Å². The summed E-state index contributed by atoms with van der Waals surface area (Å²) < 4.78 is 29.8. The van der Waals surface area contributed by atoms with E-state index in [1.54, 1.807) is 4.90 Å². The summed E-state index contributed by atoms with van der Waals surface area (Å²) in [5, 5.41) is 0. The van der Waals surface area contributed by atoms with Crippen molar-refractivity contribution in [2.75, 3.05) is 52.1 Å². The lowest BCUT2D eigenvalue weighted by atomic mass is 10.2. The number of hydrogen-bond donors (Lipinski definition) is 1. The van der Waals surface area contributed by atoms with Crippen LogP contribution in [0.3, 0.4) is 0 Å². The lowest BCUT2D eigenvalue weighted by Crippen LogP contribution is -2.53. The first-order chi connectivity index (χ1) is 11.9. The molecule has 0 radical (unpaired) electrons. The Labute approximate surface area is 180 Å². The van der Waals surface area contributed by atoms with Crippen molar-refractivity contribution in [3.8, 4) is 0 Å². The fourth-order valence-corrected chi connectivity index (χ4v) is 3.47. The van der Waals surface area contributed by atoms with Gasteiger partial charge in [0.1, 0.15) is 5.60 Å². The summed E-state index contributed by atoms with van der Waals surface area (Å²) in [6.07, 6.45) is 1.51. The van der Waals surface area contributed by atoms with E-state index in [0.29, 0.717) is 58.2 Å². The van der Waals surface area contributed by atoms with E-state index < -0.39 is 15.6 Å². The Balaban J connectivity index is 0.00000676. The molecule has 0 aliphatic carbocycles. The highest BCUT2D eigenvalue weighted by molar-refractivity contribution is 14.0. The number of amides is 1. The van der Waals surface area contributed by atoms with Crippen LogP contribution in [0.15, 0.2) is 4.99 Å². The topological polar surface area (TPSA) is 109 Å². The van der Waals surface area contributed by atoms with Crippen LogP contribution in [0.25, 0.3) is 0 Å². The fourth-order valence-electron chi connectivity index (χ4n) is 2.54. The Morgan fingerprint density at radius 3 is 2.15 bits per heavy atom. The van der Waals surface area contributed by atoms with Crippen LogP contribution in [0.5, 0.6) is 0 Å². The van der Waals surface area contributed by atoms with E-state index in [-0.39, 0.29) is 30.1 Å². The Morgan fingerprint density at radius 1 is 1.19 bits per heavy atom. The summed E-state index contributed by atoms with van der Waals surface area (Å²) in [4.78, 5) is 20.0. The summed E-state index contributed by atoms with van der Waals surface area (Å²) in [5.41, 5.74) is 5.51. The molecule has 1 saturated heterocycles. The molecule has 2 N–H and O–H groups in total. The fraction of sp³-hybridized carbons (Fsp3) is 0.875. The van der Waals surface area contributed by atoms with E-state index in [1.165, 1.54) is 10.6 Å². The number of nitrogens with zero attached hydrogens (tertiary/aromatic N) is 4.